The van der Waals surface area contributed by atoms with Crippen LogP contribution in [-0.2, 0) is 11.2 Å². The fourth-order valence-electron chi connectivity index (χ4n) is 4.33. The van der Waals surface area contributed by atoms with Gasteiger partial charge in [-0.3, -0.25) is 9.59 Å². The van der Waals surface area contributed by atoms with E-state index in [-0.39, 0.29) is 24.4 Å². The molecule has 0 saturated heterocycles. The third-order valence-corrected chi connectivity index (χ3v) is 7.06. The number of nitrogens with zero attached hydrogens (tertiary/aromatic N) is 2. The minimum atomic E-state index is -0.526. The molecule has 172 valence electrons. The minimum absolute atomic E-state index is 0.0162. The van der Waals surface area contributed by atoms with Crippen molar-refractivity contribution in [3.63, 3.8) is 0 Å². The van der Waals surface area contributed by atoms with E-state index in [1.165, 1.54) is 10.4 Å². The van der Waals surface area contributed by atoms with E-state index in [0.29, 0.717) is 17.9 Å². The second-order valence-corrected chi connectivity index (χ2v) is 10.2. The predicted molar refractivity (Wildman–Crippen MR) is 132 cm³/mol. The van der Waals surface area contributed by atoms with Gasteiger partial charge in [-0.15, -0.1) is 11.3 Å². The summed E-state index contributed by atoms with van der Waals surface area (Å²) in [6, 6.07) is 19.2. The van der Waals surface area contributed by atoms with Crippen LogP contribution in [0, 0.1) is 0 Å². The molecule has 1 atom stereocenters. The lowest BCUT2D eigenvalue weighted by Crippen LogP contribution is -2.52. The molecule has 1 aromatic heterocycles. The lowest BCUT2D eigenvalue weighted by atomic mass is 9.93. The van der Waals surface area contributed by atoms with Crippen molar-refractivity contribution in [2.24, 2.45) is 0 Å². The van der Waals surface area contributed by atoms with E-state index < -0.39 is 5.54 Å². The van der Waals surface area contributed by atoms with Gasteiger partial charge in [-0.2, -0.15) is 0 Å². The molecule has 2 heterocycles. The summed E-state index contributed by atoms with van der Waals surface area (Å²) in [6.45, 7) is 6.53. The standard InChI is InChI=1S/C27H30N2O3S/c1-27(2,3)29(26(31)20-11-8-12-21(17-20)32-4)18-24(30)28-15-13-23-22(14-16-33-23)25(28)19-9-6-5-7-10-19/h5-12,14,16-17,25H,13,15,18H2,1-4H3. The zero-order valence-corrected chi connectivity index (χ0v) is 20.4. The van der Waals surface area contributed by atoms with Crippen molar-refractivity contribution in [3.05, 3.63) is 87.6 Å². The van der Waals surface area contributed by atoms with Crippen LogP contribution in [0.2, 0.25) is 0 Å². The molecule has 1 unspecified atom stereocenters. The van der Waals surface area contributed by atoms with Crippen molar-refractivity contribution in [1.82, 2.24) is 9.80 Å². The van der Waals surface area contributed by atoms with Crippen LogP contribution in [0.25, 0.3) is 0 Å². The highest BCUT2D eigenvalue weighted by atomic mass is 32.1. The maximum atomic E-state index is 13.7. The molecule has 2 amide bonds. The highest BCUT2D eigenvalue weighted by Crippen LogP contribution is 2.38. The van der Waals surface area contributed by atoms with Crippen LogP contribution >= 0.6 is 11.3 Å². The molecule has 1 aliphatic rings. The lowest BCUT2D eigenvalue weighted by Gasteiger charge is -2.40. The van der Waals surface area contributed by atoms with Gasteiger partial charge in [-0.25, -0.2) is 0 Å². The van der Waals surface area contributed by atoms with Crippen LogP contribution in [0.4, 0.5) is 0 Å². The summed E-state index contributed by atoms with van der Waals surface area (Å²) >= 11 is 1.75. The molecule has 6 heteroatoms. The molecular weight excluding hydrogens is 432 g/mol. The summed E-state index contributed by atoms with van der Waals surface area (Å²) < 4.78 is 5.29. The molecule has 4 rings (SSSR count). The molecule has 0 fully saturated rings. The van der Waals surface area contributed by atoms with Gasteiger partial charge >= 0.3 is 0 Å². The van der Waals surface area contributed by atoms with Gasteiger partial charge in [0.05, 0.1) is 13.2 Å². The molecule has 0 bridgehead atoms. The largest absolute Gasteiger partial charge is 0.497 e. The molecule has 3 aromatic rings. The van der Waals surface area contributed by atoms with Crippen molar-refractivity contribution in [1.29, 1.82) is 0 Å². The van der Waals surface area contributed by atoms with Gasteiger partial charge in [0, 0.05) is 22.5 Å². The number of amides is 2. The number of hydrogen-bond donors (Lipinski definition) is 0. The Bertz CT molecular complexity index is 1130. The third kappa shape index (κ3) is 4.81. The van der Waals surface area contributed by atoms with Gasteiger partial charge in [0.2, 0.25) is 5.91 Å². The van der Waals surface area contributed by atoms with Gasteiger partial charge in [0.15, 0.2) is 0 Å². The number of benzene rings is 2. The van der Waals surface area contributed by atoms with E-state index in [1.807, 2.05) is 43.9 Å². The van der Waals surface area contributed by atoms with Crippen LogP contribution in [0.15, 0.2) is 66.0 Å². The molecule has 5 nitrogen and oxygen atoms in total. The molecule has 0 spiro atoms. The second kappa shape index (κ2) is 9.40. The molecular formula is C27H30N2O3S. The normalized spacial score (nSPS) is 15.6. The summed E-state index contributed by atoms with van der Waals surface area (Å²) in [5, 5.41) is 2.10. The Kier molecular flexibility index (Phi) is 6.56. The summed E-state index contributed by atoms with van der Waals surface area (Å²) in [7, 11) is 1.58. The number of fused-ring (bicyclic) bond motifs is 1. The molecule has 0 aliphatic carbocycles. The molecule has 2 aromatic carbocycles. The average molecular weight is 463 g/mol. The molecule has 33 heavy (non-hydrogen) atoms. The second-order valence-electron chi connectivity index (χ2n) is 9.24. The van der Waals surface area contributed by atoms with Gasteiger partial charge < -0.3 is 14.5 Å². The lowest BCUT2D eigenvalue weighted by molar-refractivity contribution is -0.135. The van der Waals surface area contributed by atoms with Crippen molar-refractivity contribution >= 4 is 23.2 Å². The van der Waals surface area contributed by atoms with Crippen molar-refractivity contribution in [2.45, 2.75) is 38.8 Å². The van der Waals surface area contributed by atoms with Crippen molar-refractivity contribution in [2.75, 3.05) is 20.2 Å². The minimum Gasteiger partial charge on any atom is -0.497 e. The third-order valence-electron chi connectivity index (χ3n) is 6.07. The number of rotatable bonds is 5. The van der Waals surface area contributed by atoms with Crippen LogP contribution < -0.4 is 4.74 Å². The van der Waals surface area contributed by atoms with Crippen LogP contribution in [-0.4, -0.2) is 47.4 Å². The zero-order valence-electron chi connectivity index (χ0n) is 19.6. The first-order chi connectivity index (χ1) is 15.8. The number of carbonyl (C=O) groups is 2. The Morgan fingerprint density at radius 1 is 1.09 bits per heavy atom. The molecule has 0 N–H and O–H groups in total. The van der Waals surface area contributed by atoms with Gasteiger partial charge in [0.1, 0.15) is 12.3 Å². The molecule has 0 saturated carbocycles. The number of thiophene rings is 1. The van der Waals surface area contributed by atoms with Crippen molar-refractivity contribution < 1.29 is 14.3 Å². The number of methoxy groups -OCH3 is 1. The van der Waals surface area contributed by atoms with Crippen LogP contribution in [0.1, 0.15) is 53.2 Å². The summed E-state index contributed by atoms with van der Waals surface area (Å²) in [6.07, 6.45) is 0.835. The van der Waals surface area contributed by atoms with Crippen molar-refractivity contribution in [3.8, 4) is 5.75 Å². The van der Waals surface area contributed by atoms with E-state index in [2.05, 4.69) is 23.6 Å². The van der Waals surface area contributed by atoms with E-state index in [0.717, 1.165) is 12.0 Å². The Morgan fingerprint density at radius 3 is 2.55 bits per heavy atom. The fraction of sp³-hybridized carbons (Fsp3) is 0.333. The molecule has 1 aliphatic heterocycles. The summed E-state index contributed by atoms with van der Waals surface area (Å²) in [4.78, 5) is 32.1. The average Bonchev–Trinajstić information content (AvgIpc) is 3.30. The maximum Gasteiger partial charge on any atom is 0.254 e. The number of carbonyl (C=O) groups excluding carboxylic acids is 2. The predicted octanol–water partition coefficient (Wildman–Crippen LogP) is 5.17. The van der Waals surface area contributed by atoms with E-state index in [9.17, 15) is 9.59 Å². The smallest absolute Gasteiger partial charge is 0.254 e. The molecule has 0 radical (unpaired) electrons. The van der Waals surface area contributed by atoms with E-state index in [4.69, 9.17) is 4.74 Å². The van der Waals surface area contributed by atoms with Crippen LogP contribution in [0.3, 0.4) is 0 Å². The summed E-state index contributed by atoms with van der Waals surface area (Å²) in [5.74, 6) is 0.386. The Hall–Kier alpha value is -3.12. The first kappa shape index (κ1) is 23.1. The topological polar surface area (TPSA) is 49.9 Å². The SMILES string of the molecule is COc1cccc(C(=O)N(CC(=O)N2CCc3sccc3C2c2ccccc2)C(C)(C)C)c1. The highest BCUT2D eigenvalue weighted by molar-refractivity contribution is 7.10. The maximum absolute atomic E-state index is 13.7. The quantitative estimate of drug-likeness (QED) is 0.526. The first-order valence-corrected chi connectivity index (χ1v) is 12.0. The first-order valence-electron chi connectivity index (χ1n) is 11.2. The zero-order chi connectivity index (χ0) is 23.6. The van der Waals surface area contributed by atoms with E-state index in [1.54, 1.807) is 47.6 Å². The highest BCUT2D eigenvalue weighted by Gasteiger charge is 2.36. The van der Waals surface area contributed by atoms with E-state index >= 15 is 0 Å². The Labute approximate surface area is 199 Å². The Morgan fingerprint density at radius 2 is 1.85 bits per heavy atom. The number of hydrogen-bond acceptors (Lipinski definition) is 4. The Balaban J connectivity index is 1.64. The van der Waals surface area contributed by atoms with Gasteiger partial charge in [-0.1, -0.05) is 36.4 Å². The number of ether oxygens (including phenoxy) is 1. The van der Waals surface area contributed by atoms with Gasteiger partial charge in [-0.05, 0) is 68.0 Å². The van der Waals surface area contributed by atoms with Gasteiger partial charge in [0.25, 0.3) is 5.91 Å². The summed E-state index contributed by atoms with van der Waals surface area (Å²) in [5.41, 5.74) is 2.26. The fourth-order valence-corrected chi connectivity index (χ4v) is 5.24. The monoisotopic (exact) mass is 462 g/mol. The van der Waals surface area contributed by atoms with Crippen LogP contribution in [0.5, 0.6) is 5.75 Å².